The number of rotatable bonds is 2. The number of nitrogens with zero attached hydrogens (tertiary/aromatic N) is 3. The van der Waals surface area contributed by atoms with Gasteiger partial charge in [-0.25, -0.2) is 0 Å². The van der Waals surface area contributed by atoms with Gasteiger partial charge in [-0.15, -0.1) is 10.2 Å². The van der Waals surface area contributed by atoms with Crippen LogP contribution in [0, 0.1) is 0 Å². The van der Waals surface area contributed by atoms with Crippen molar-refractivity contribution in [3.05, 3.63) is 33.7 Å². The Morgan fingerprint density at radius 3 is 2.53 bits per heavy atom. The Kier molecular flexibility index (Phi) is 3.26. The normalized spacial score (nSPS) is 10.2. The predicted molar refractivity (Wildman–Crippen MR) is 65.8 cm³/mol. The second kappa shape index (κ2) is 4.68. The molecular formula is C10H8ClN3O2S. The third-order valence-electron chi connectivity index (χ3n) is 2.12. The number of hydrogen-bond donors (Lipinski definition) is 1. The van der Waals surface area contributed by atoms with Gasteiger partial charge < -0.3 is 10.0 Å². The predicted octanol–water partition coefficient (Wildman–Crippen LogP) is 2.17. The summed E-state index contributed by atoms with van der Waals surface area (Å²) in [7, 11) is 1.62. The van der Waals surface area contributed by atoms with E-state index in [1.807, 2.05) is 0 Å². The van der Waals surface area contributed by atoms with E-state index in [-0.39, 0.29) is 21.1 Å². The lowest BCUT2D eigenvalue weighted by Gasteiger charge is -2.15. The molecule has 1 aromatic carbocycles. The molecule has 0 fully saturated rings. The molecule has 2 rings (SSSR count). The summed E-state index contributed by atoms with van der Waals surface area (Å²) >= 11 is 6.64. The molecule has 0 aliphatic heterocycles. The van der Waals surface area contributed by atoms with E-state index in [0.29, 0.717) is 5.69 Å². The summed E-state index contributed by atoms with van der Waals surface area (Å²) in [6.45, 7) is 0. The molecule has 0 bridgehead atoms. The number of phenols is 1. The summed E-state index contributed by atoms with van der Waals surface area (Å²) in [4.78, 5) is 13.4. The Balaban J connectivity index is 2.23. The van der Waals surface area contributed by atoms with Crippen molar-refractivity contribution in [2.24, 2.45) is 0 Å². The molecule has 88 valence electrons. The minimum absolute atomic E-state index is 0.147. The molecule has 0 unspecified atom stereocenters. The summed E-state index contributed by atoms with van der Waals surface area (Å²) in [5.41, 5.74) is 0.652. The van der Waals surface area contributed by atoms with E-state index in [0.717, 1.165) is 11.3 Å². The molecule has 17 heavy (non-hydrogen) atoms. The van der Waals surface area contributed by atoms with Crippen LogP contribution in [0.3, 0.4) is 0 Å². The van der Waals surface area contributed by atoms with Crippen LogP contribution in [0.15, 0.2) is 24.3 Å². The van der Waals surface area contributed by atoms with Crippen molar-refractivity contribution in [1.82, 2.24) is 10.2 Å². The van der Waals surface area contributed by atoms with Crippen LogP contribution in [0.25, 0.3) is 0 Å². The Labute approximate surface area is 106 Å². The lowest BCUT2D eigenvalue weighted by Crippen LogP contribution is -2.25. The van der Waals surface area contributed by atoms with Gasteiger partial charge in [-0.1, -0.05) is 11.3 Å². The minimum atomic E-state index is -0.292. The average molecular weight is 270 g/mol. The monoisotopic (exact) mass is 269 g/mol. The van der Waals surface area contributed by atoms with Crippen molar-refractivity contribution < 1.29 is 9.90 Å². The summed E-state index contributed by atoms with van der Waals surface area (Å²) < 4.78 is 0.229. The van der Waals surface area contributed by atoms with Gasteiger partial charge >= 0.3 is 0 Å². The van der Waals surface area contributed by atoms with Gasteiger partial charge in [-0.2, -0.15) is 0 Å². The molecular weight excluding hydrogens is 262 g/mol. The topological polar surface area (TPSA) is 66.3 Å². The lowest BCUT2D eigenvalue weighted by molar-refractivity contribution is 0.0992. The largest absolute Gasteiger partial charge is 0.508 e. The molecule has 0 saturated carbocycles. The van der Waals surface area contributed by atoms with E-state index in [1.165, 1.54) is 17.0 Å². The summed E-state index contributed by atoms with van der Waals surface area (Å²) in [5.74, 6) is -0.145. The van der Waals surface area contributed by atoms with E-state index in [1.54, 1.807) is 19.2 Å². The standard InChI is InChI=1S/C10H8ClN3O2S/c1-14(6-2-4-7(15)5-3-6)9(16)8-12-13-10(11)17-8/h2-5,15H,1H3. The summed E-state index contributed by atoms with van der Waals surface area (Å²) in [5, 5.41) is 16.6. The molecule has 0 radical (unpaired) electrons. The number of aromatic hydroxyl groups is 1. The number of carbonyl (C=O) groups is 1. The minimum Gasteiger partial charge on any atom is -0.508 e. The molecule has 2 aromatic rings. The maximum absolute atomic E-state index is 12.0. The first-order valence-electron chi connectivity index (χ1n) is 4.64. The van der Waals surface area contributed by atoms with Crippen LogP contribution in [0.2, 0.25) is 4.47 Å². The SMILES string of the molecule is CN(C(=O)c1nnc(Cl)s1)c1ccc(O)cc1. The van der Waals surface area contributed by atoms with Gasteiger partial charge in [0.2, 0.25) is 9.47 Å². The Morgan fingerprint density at radius 1 is 1.35 bits per heavy atom. The summed E-state index contributed by atoms with van der Waals surface area (Å²) in [6.07, 6.45) is 0. The van der Waals surface area contributed by atoms with Gasteiger partial charge in [0, 0.05) is 12.7 Å². The molecule has 7 heteroatoms. The highest BCUT2D eigenvalue weighted by atomic mass is 35.5. The van der Waals surface area contributed by atoms with Crippen LogP contribution < -0.4 is 4.90 Å². The second-order valence-electron chi connectivity index (χ2n) is 3.24. The van der Waals surface area contributed by atoms with E-state index in [9.17, 15) is 4.79 Å². The number of phenolic OH excluding ortho intramolecular Hbond substituents is 1. The maximum Gasteiger partial charge on any atom is 0.289 e. The Hall–Kier alpha value is -1.66. The summed E-state index contributed by atoms with van der Waals surface area (Å²) in [6, 6.07) is 6.28. The van der Waals surface area contributed by atoms with Gasteiger partial charge in [0.25, 0.3) is 5.91 Å². The van der Waals surface area contributed by atoms with Gasteiger partial charge in [0.15, 0.2) is 0 Å². The molecule has 0 spiro atoms. The number of hydrogen-bond acceptors (Lipinski definition) is 5. The molecule has 1 aromatic heterocycles. The quantitative estimate of drug-likeness (QED) is 0.907. The molecule has 0 aliphatic rings. The highest BCUT2D eigenvalue weighted by Crippen LogP contribution is 2.21. The number of anilines is 1. The van der Waals surface area contributed by atoms with Gasteiger partial charge in [-0.05, 0) is 35.9 Å². The molecule has 1 N–H and O–H groups in total. The lowest BCUT2D eigenvalue weighted by atomic mass is 10.3. The van der Waals surface area contributed by atoms with Crippen LogP contribution in [0.5, 0.6) is 5.75 Å². The van der Waals surface area contributed by atoms with E-state index < -0.39 is 0 Å². The van der Waals surface area contributed by atoms with Gasteiger partial charge in [0.05, 0.1) is 0 Å². The maximum atomic E-state index is 12.0. The number of halogens is 1. The van der Waals surface area contributed by atoms with E-state index in [2.05, 4.69) is 10.2 Å². The number of carbonyl (C=O) groups excluding carboxylic acids is 1. The third kappa shape index (κ3) is 2.54. The van der Waals surface area contributed by atoms with Crippen molar-refractivity contribution in [2.75, 3.05) is 11.9 Å². The smallest absolute Gasteiger partial charge is 0.289 e. The number of benzene rings is 1. The first kappa shape index (κ1) is 11.8. The highest BCUT2D eigenvalue weighted by molar-refractivity contribution is 7.17. The fraction of sp³-hybridized carbons (Fsp3) is 0.100. The molecule has 1 heterocycles. The molecule has 1 amide bonds. The zero-order valence-corrected chi connectivity index (χ0v) is 10.4. The number of amides is 1. The molecule has 5 nitrogen and oxygen atoms in total. The first-order chi connectivity index (χ1) is 8.08. The van der Waals surface area contributed by atoms with Gasteiger partial charge in [0.1, 0.15) is 5.75 Å². The number of aromatic nitrogens is 2. The Bertz CT molecular complexity index is 541. The Morgan fingerprint density at radius 2 is 2.00 bits per heavy atom. The van der Waals surface area contributed by atoms with Crippen molar-refractivity contribution in [3.63, 3.8) is 0 Å². The van der Waals surface area contributed by atoms with Crippen molar-refractivity contribution in [3.8, 4) is 5.75 Å². The zero-order chi connectivity index (χ0) is 12.4. The third-order valence-corrected chi connectivity index (χ3v) is 3.13. The van der Waals surface area contributed by atoms with Crippen molar-refractivity contribution in [2.45, 2.75) is 0 Å². The van der Waals surface area contributed by atoms with Crippen LogP contribution in [-0.4, -0.2) is 28.3 Å². The van der Waals surface area contributed by atoms with Gasteiger partial charge in [-0.3, -0.25) is 4.79 Å². The van der Waals surface area contributed by atoms with Crippen molar-refractivity contribution in [1.29, 1.82) is 0 Å². The molecule has 0 atom stereocenters. The highest BCUT2D eigenvalue weighted by Gasteiger charge is 2.17. The zero-order valence-electron chi connectivity index (χ0n) is 8.79. The fourth-order valence-corrected chi connectivity index (χ4v) is 2.03. The fourth-order valence-electron chi connectivity index (χ4n) is 1.23. The van der Waals surface area contributed by atoms with Crippen LogP contribution >= 0.6 is 22.9 Å². The van der Waals surface area contributed by atoms with E-state index in [4.69, 9.17) is 16.7 Å². The van der Waals surface area contributed by atoms with Crippen LogP contribution in [0.4, 0.5) is 5.69 Å². The average Bonchev–Trinajstić information content (AvgIpc) is 2.75. The van der Waals surface area contributed by atoms with E-state index >= 15 is 0 Å². The second-order valence-corrected chi connectivity index (χ2v) is 4.80. The molecule has 0 aliphatic carbocycles. The first-order valence-corrected chi connectivity index (χ1v) is 5.83. The molecule has 0 saturated heterocycles. The van der Waals surface area contributed by atoms with Crippen LogP contribution in [0.1, 0.15) is 9.80 Å². The van der Waals surface area contributed by atoms with Crippen molar-refractivity contribution >= 4 is 34.5 Å². The van der Waals surface area contributed by atoms with Crippen LogP contribution in [-0.2, 0) is 0 Å².